The summed E-state index contributed by atoms with van der Waals surface area (Å²) in [6, 6.07) is 0.119. The lowest BCUT2D eigenvalue weighted by Gasteiger charge is -2.30. The zero-order valence-corrected chi connectivity index (χ0v) is 12.9. The van der Waals surface area contributed by atoms with Gasteiger partial charge in [-0.25, -0.2) is 9.67 Å². The van der Waals surface area contributed by atoms with Crippen molar-refractivity contribution in [2.75, 3.05) is 0 Å². The SMILES string of the molecule is CC(C)NC(C)(CC(C)Sc1ncnn1C)C(=O)O. The lowest BCUT2D eigenvalue weighted by Crippen LogP contribution is -2.53. The van der Waals surface area contributed by atoms with Crippen LogP contribution in [0.5, 0.6) is 0 Å². The van der Waals surface area contributed by atoms with Crippen LogP contribution in [0.2, 0.25) is 0 Å². The van der Waals surface area contributed by atoms with Crippen molar-refractivity contribution in [2.45, 2.75) is 56.1 Å². The number of aryl methyl sites for hydroxylation is 1. The Balaban J connectivity index is 2.69. The number of hydrogen-bond acceptors (Lipinski definition) is 5. The Labute approximate surface area is 118 Å². The van der Waals surface area contributed by atoms with E-state index in [-0.39, 0.29) is 11.3 Å². The van der Waals surface area contributed by atoms with Gasteiger partial charge in [-0.15, -0.1) is 0 Å². The number of carbonyl (C=O) groups is 1. The van der Waals surface area contributed by atoms with E-state index < -0.39 is 11.5 Å². The number of carboxylic acid groups (broad SMARTS) is 1. The van der Waals surface area contributed by atoms with Gasteiger partial charge in [0.1, 0.15) is 11.9 Å². The largest absolute Gasteiger partial charge is 0.480 e. The fourth-order valence-corrected chi connectivity index (χ4v) is 3.12. The molecule has 2 N–H and O–H groups in total. The van der Waals surface area contributed by atoms with Crippen molar-refractivity contribution >= 4 is 17.7 Å². The second-order valence-electron chi connectivity index (χ2n) is 5.24. The average Bonchev–Trinajstić information content (AvgIpc) is 2.62. The van der Waals surface area contributed by atoms with E-state index in [0.29, 0.717) is 6.42 Å². The second kappa shape index (κ2) is 6.38. The first-order valence-electron chi connectivity index (χ1n) is 6.26. The third-order valence-electron chi connectivity index (χ3n) is 2.75. The third kappa shape index (κ3) is 4.50. The number of nitrogens with zero attached hydrogens (tertiary/aromatic N) is 3. The Morgan fingerprint density at radius 3 is 2.63 bits per heavy atom. The first-order chi connectivity index (χ1) is 8.74. The predicted molar refractivity (Wildman–Crippen MR) is 75.3 cm³/mol. The molecular weight excluding hydrogens is 264 g/mol. The van der Waals surface area contributed by atoms with Crippen LogP contribution in [0.15, 0.2) is 11.5 Å². The molecule has 0 aliphatic rings. The van der Waals surface area contributed by atoms with Crippen molar-refractivity contribution in [1.82, 2.24) is 20.1 Å². The Hall–Kier alpha value is -1.08. The maximum absolute atomic E-state index is 11.5. The van der Waals surface area contributed by atoms with E-state index in [4.69, 9.17) is 0 Å². The predicted octanol–water partition coefficient (Wildman–Crippen LogP) is 1.53. The molecule has 108 valence electrons. The number of thioether (sulfide) groups is 1. The van der Waals surface area contributed by atoms with Crippen LogP contribution in [0.3, 0.4) is 0 Å². The van der Waals surface area contributed by atoms with Gasteiger partial charge >= 0.3 is 5.97 Å². The van der Waals surface area contributed by atoms with Crippen molar-refractivity contribution in [3.05, 3.63) is 6.33 Å². The lowest BCUT2D eigenvalue weighted by atomic mass is 9.95. The Morgan fingerprint density at radius 2 is 2.21 bits per heavy atom. The van der Waals surface area contributed by atoms with Gasteiger partial charge in [0, 0.05) is 18.3 Å². The molecule has 0 aliphatic carbocycles. The number of nitrogens with one attached hydrogen (secondary N) is 1. The van der Waals surface area contributed by atoms with Gasteiger partial charge in [0.2, 0.25) is 0 Å². The van der Waals surface area contributed by atoms with E-state index >= 15 is 0 Å². The Morgan fingerprint density at radius 1 is 1.58 bits per heavy atom. The molecule has 0 spiro atoms. The number of aromatic nitrogens is 3. The van der Waals surface area contributed by atoms with Crippen LogP contribution >= 0.6 is 11.8 Å². The van der Waals surface area contributed by atoms with Gasteiger partial charge in [-0.2, -0.15) is 5.10 Å². The number of rotatable bonds is 7. The van der Waals surface area contributed by atoms with Crippen molar-refractivity contribution in [3.63, 3.8) is 0 Å². The molecular formula is C12H22N4O2S. The van der Waals surface area contributed by atoms with E-state index in [1.165, 1.54) is 18.1 Å². The summed E-state index contributed by atoms with van der Waals surface area (Å²) in [7, 11) is 1.82. The van der Waals surface area contributed by atoms with Crippen LogP contribution in [0.25, 0.3) is 0 Å². The molecule has 7 heteroatoms. The first-order valence-corrected chi connectivity index (χ1v) is 7.14. The van der Waals surface area contributed by atoms with Gasteiger partial charge in [-0.1, -0.05) is 18.7 Å². The number of hydrogen-bond donors (Lipinski definition) is 2. The summed E-state index contributed by atoms with van der Waals surface area (Å²) in [5.74, 6) is -0.827. The minimum Gasteiger partial charge on any atom is -0.480 e. The summed E-state index contributed by atoms with van der Waals surface area (Å²) in [6.07, 6.45) is 2.01. The molecule has 2 unspecified atom stereocenters. The highest BCUT2D eigenvalue weighted by Crippen LogP contribution is 2.27. The molecule has 0 fully saturated rings. The summed E-state index contributed by atoms with van der Waals surface area (Å²) in [5.41, 5.74) is -0.931. The molecule has 1 aromatic heterocycles. The summed E-state index contributed by atoms with van der Waals surface area (Å²) in [6.45, 7) is 7.62. The summed E-state index contributed by atoms with van der Waals surface area (Å²) in [4.78, 5) is 15.6. The van der Waals surface area contributed by atoms with Gasteiger partial charge in [0.05, 0.1) is 0 Å². The van der Waals surface area contributed by atoms with Crippen LogP contribution in [-0.2, 0) is 11.8 Å². The minimum absolute atomic E-state index is 0.119. The second-order valence-corrected chi connectivity index (χ2v) is 6.64. The van der Waals surface area contributed by atoms with Crippen LogP contribution in [0.1, 0.15) is 34.1 Å². The van der Waals surface area contributed by atoms with Crippen molar-refractivity contribution < 1.29 is 9.90 Å². The highest BCUT2D eigenvalue weighted by atomic mass is 32.2. The van der Waals surface area contributed by atoms with E-state index in [0.717, 1.165) is 5.16 Å². The highest BCUT2D eigenvalue weighted by molar-refractivity contribution is 7.99. The van der Waals surface area contributed by atoms with Crippen LogP contribution in [0.4, 0.5) is 0 Å². The molecule has 0 amide bonds. The molecule has 1 rings (SSSR count). The fourth-order valence-electron chi connectivity index (χ4n) is 2.03. The molecule has 0 bridgehead atoms. The van der Waals surface area contributed by atoms with Crippen LogP contribution < -0.4 is 5.32 Å². The van der Waals surface area contributed by atoms with E-state index in [1.807, 2.05) is 27.8 Å². The fraction of sp³-hybridized carbons (Fsp3) is 0.750. The number of carboxylic acids is 1. The molecule has 0 aromatic carbocycles. The topological polar surface area (TPSA) is 80.0 Å². The molecule has 0 aliphatic heterocycles. The van der Waals surface area contributed by atoms with E-state index in [9.17, 15) is 9.90 Å². The van der Waals surface area contributed by atoms with E-state index in [2.05, 4.69) is 15.4 Å². The molecule has 6 nitrogen and oxygen atoms in total. The standard InChI is InChI=1S/C12H22N4O2S/c1-8(2)15-12(4,10(17)18)6-9(3)19-11-13-7-14-16(11)5/h7-9,15H,6H2,1-5H3,(H,17,18). The first kappa shape index (κ1) is 16.0. The van der Waals surface area contributed by atoms with Crippen molar-refractivity contribution in [2.24, 2.45) is 7.05 Å². The summed E-state index contributed by atoms with van der Waals surface area (Å²) < 4.78 is 1.69. The molecule has 1 aromatic rings. The quantitative estimate of drug-likeness (QED) is 0.740. The monoisotopic (exact) mass is 286 g/mol. The summed E-state index contributed by atoms with van der Waals surface area (Å²) >= 11 is 1.53. The summed E-state index contributed by atoms with van der Waals surface area (Å²) in [5, 5.41) is 17.5. The van der Waals surface area contributed by atoms with E-state index in [1.54, 1.807) is 11.6 Å². The maximum Gasteiger partial charge on any atom is 0.323 e. The molecule has 19 heavy (non-hydrogen) atoms. The lowest BCUT2D eigenvalue weighted by molar-refractivity contribution is -0.144. The van der Waals surface area contributed by atoms with Gasteiger partial charge < -0.3 is 5.11 Å². The zero-order chi connectivity index (χ0) is 14.6. The van der Waals surface area contributed by atoms with Gasteiger partial charge in [-0.3, -0.25) is 10.1 Å². The molecule has 0 saturated heterocycles. The highest BCUT2D eigenvalue weighted by Gasteiger charge is 2.35. The third-order valence-corrected chi connectivity index (χ3v) is 3.90. The van der Waals surface area contributed by atoms with Crippen LogP contribution in [-0.4, -0.2) is 42.7 Å². The molecule has 0 saturated carbocycles. The molecule has 2 atom stereocenters. The number of aliphatic carboxylic acids is 1. The average molecular weight is 286 g/mol. The van der Waals surface area contributed by atoms with Crippen molar-refractivity contribution in [3.8, 4) is 0 Å². The molecule has 0 radical (unpaired) electrons. The Bertz CT molecular complexity index is 435. The van der Waals surface area contributed by atoms with Gasteiger partial charge in [-0.05, 0) is 27.2 Å². The van der Waals surface area contributed by atoms with Crippen LogP contribution in [0, 0.1) is 0 Å². The van der Waals surface area contributed by atoms with Crippen molar-refractivity contribution in [1.29, 1.82) is 0 Å². The van der Waals surface area contributed by atoms with Gasteiger partial charge in [0.25, 0.3) is 0 Å². The normalized spacial score (nSPS) is 16.3. The van der Waals surface area contributed by atoms with Gasteiger partial charge in [0.15, 0.2) is 5.16 Å². The zero-order valence-electron chi connectivity index (χ0n) is 12.0. The Kier molecular flexibility index (Phi) is 5.37. The smallest absolute Gasteiger partial charge is 0.323 e. The maximum atomic E-state index is 11.5. The molecule has 1 heterocycles. The minimum atomic E-state index is -0.931.